The molecule has 1 atom stereocenters. The van der Waals surface area contributed by atoms with Gasteiger partial charge in [-0.05, 0) is 68.6 Å². The van der Waals surface area contributed by atoms with E-state index in [1.54, 1.807) is 30.3 Å². The van der Waals surface area contributed by atoms with Crippen LogP contribution in [0.3, 0.4) is 0 Å². The molecule has 1 amide bonds. The zero-order valence-electron chi connectivity index (χ0n) is 18.0. The first-order valence-corrected chi connectivity index (χ1v) is 10.1. The molecule has 7 heteroatoms. The summed E-state index contributed by atoms with van der Waals surface area (Å²) in [6, 6.07) is 7.95. The van der Waals surface area contributed by atoms with E-state index in [1.807, 2.05) is 38.1 Å². The van der Waals surface area contributed by atoms with E-state index >= 15 is 0 Å². The van der Waals surface area contributed by atoms with Crippen molar-refractivity contribution in [2.45, 2.75) is 39.2 Å². The summed E-state index contributed by atoms with van der Waals surface area (Å²) in [5, 5.41) is 23.7. The molecule has 0 heterocycles. The van der Waals surface area contributed by atoms with Crippen LogP contribution < -0.4 is 16.8 Å². The predicted octanol–water partition coefficient (Wildman–Crippen LogP) is 4.65. The molecule has 0 unspecified atom stereocenters. The topological polar surface area (TPSA) is 122 Å². The van der Waals surface area contributed by atoms with Crippen molar-refractivity contribution in [2.75, 3.05) is 11.9 Å². The van der Waals surface area contributed by atoms with Gasteiger partial charge in [-0.2, -0.15) is 0 Å². The third-order valence-electron chi connectivity index (χ3n) is 4.74. The van der Waals surface area contributed by atoms with Gasteiger partial charge in [0.25, 0.3) is 0 Å². The molecule has 0 aromatic heterocycles. The lowest BCUT2D eigenvalue weighted by atomic mass is 9.97. The van der Waals surface area contributed by atoms with Crippen LogP contribution in [-0.4, -0.2) is 28.7 Å². The molecular weight excluding hydrogens is 414 g/mol. The number of nitrogens with two attached hydrogens (primary N) is 2. The lowest BCUT2D eigenvalue weighted by Gasteiger charge is -2.16. The SMILES string of the molecule is CC=Cc1cc(NC(=O)[C@@H](N)CCCCN)c(O)c(-c2ccc(O)c(C=CC)c2)c1.Cl. The fourth-order valence-electron chi connectivity index (χ4n) is 3.16. The first kappa shape index (κ1) is 26.2. The number of anilines is 1. The summed E-state index contributed by atoms with van der Waals surface area (Å²) >= 11 is 0. The minimum atomic E-state index is -0.681. The summed E-state index contributed by atoms with van der Waals surface area (Å²) in [4.78, 5) is 12.5. The van der Waals surface area contributed by atoms with Gasteiger partial charge in [-0.3, -0.25) is 4.79 Å². The molecule has 0 fully saturated rings. The van der Waals surface area contributed by atoms with Crippen molar-refractivity contribution < 1.29 is 15.0 Å². The van der Waals surface area contributed by atoms with Gasteiger partial charge < -0.3 is 27.0 Å². The Kier molecular flexibility index (Phi) is 10.8. The van der Waals surface area contributed by atoms with Crippen LogP contribution in [0.15, 0.2) is 42.5 Å². The van der Waals surface area contributed by atoms with Crippen LogP contribution in [0.1, 0.15) is 44.2 Å². The number of aromatic hydroxyl groups is 2. The minimum Gasteiger partial charge on any atom is -0.507 e. The lowest BCUT2D eigenvalue weighted by molar-refractivity contribution is -0.117. The molecule has 2 aromatic rings. The van der Waals surface area contributed by atoms with Gasteiger partial charge in [0.2, 0.25) is 5.91 Å². The van der Waals surface area contributed by atoms with E-state index in [1.165, 1.54) is 0 Å². The molecular formula is C24H32ClN3O3. The fourth-order valence-corrected chi connectivity index (χ4v) is 3.16. The van der Waals surface area contributed by atoms with Crippen molar-refractivity contribution in [3.8, 4) is 22.6 Å². The number of nitrogens with one attached hydrogen (secondary N) is 1. The number of allylic oxidation sites excluding steroid dienone is 2. The van der Waals surface area contributed by atoms with E-state index < -0.39 is 6.04 Å². The Balaban J connectivity index is 0.00000480. The Labute approximate surface area is 190 Å². The lowest BCUT2D eigenvalue weighted by Crippen LogP contribution is -2.35. The number of hydrogen-bond donors (Lipinski definition) is 5. The molecule has 0 aliphatic heterocycles. The molecule has 0 bridgehead atoms. The number of halogens is 1. The summed E-state index contributed by atoms with van der Waals surface area (Å²) in [5.74, 6) is -0.257. The maximum absolute atomic E-state index is 12.5. The number of amides is 1. The highest BCUT2D eigenvalue weighted by Gasteiger charge is 2.18. The number of carbonyl (C=O) groups is 1. The van der Waals surface area contributed by atoms with E-state index in [0.717, 1.165) is 18.4 Å². The Hall–Kier alpha value is -2.80. The number of unbranched alkanes of at least 4 members (excludes halogenated alkanes) is 1. The molecule has 0 saturated carbocycles. The average molecular weight is 446 g/mol. The van der Waals surface area contributed by atoms with E-state index in [4.69, 9.17) is 11.5 Å². The zero-order valence-corrected chi connectivity index (χ0v) is 18.8. The highest BCUT2D eigenvalue weighted by Crippen LogP contribution is 2.39. The molecule has 31 heavy (non-hydrogen) atoms. The summed E-state index contributed by atoms with van der Waals surface area (Å²) in [6.07, 6.45) is 9.47. The van der Waals surface area contributed by atoms with Gasteiger partial charge in [0, 0.05) is 11.1 Å². The van der Waals surface area contributed by atoms with Gasteiger partial charge >= 0.3 is 0 Å². The number of hydrogen-bond acceptors (Lipinski definition) is 5. The van der Waals surface area contributed by atoms with Crippen LogP contribution in [0, 0.1) is 0 Å². The van der Waals surface area contributed by atoms with Crippen LogP contribution >= 0.6 is 12.4 Å². The van der Waals surface area contributed by atoms with E-state index in [0.29, 0.717) is 35.3 Å². The largest absolute Gasteiger partial charge is 0.507 e. The summed E-state index contributed by atoms with van der Waals surface area (Å²) in [5.41, 5.74) is 14.5. The smallest absolute Gasteiger partial charge is 0.241 e. The summed E-state index contributed by atoms with van der Waals surface area (Å²) in [6.45, 7) is 4.31. The molecule has 2 rings (SSSR count). The Bertz CT molecular complexity index is 942. The molecule has 0 saturated heterocycles. The molecule has 0 radical (unpaired) electrons. The number of rotatable bonds is 9. The molecule has 6 nitrogen and oxygen atoms in total. The minimum absolute atomic E-state index is 0. The Morgan fingerprint density at radius 1 is 1.10 bits per heavy atom. The molecule has 0 spiro atoms. The highest BCUT2D eigenvalue weighted by molar-refractivity contribution is 5.98. The Morgan fingerprint density at radius 3 is 2.45 bits per heavy atom. The number of benzene rings is 2. The second-order valence-electron chi connectivity index (χ2n) is 7.12. The van der Waals surface area contributed by atoms with Gasteiger partial charge in [-0.1, -0.05) is 36.8 Å². The summed E-state index contributed by atoms with van der Waals surface area (Å²) < 4.78 is 0. The van der Waals surface area contributed by atoms with Gasteiger partial charge in [-0.15, -0.1) is 12.4 Å². The standard InChI is InChI=1S/C24H31N3O3.ClH/c1-3-7-16-13-19(17-10-11-22(28)18(15-17)8-4-2)23(29)21(14-16)27-24(30)20(26)9-5-6-12-25;/h3-4,7-8,10-11,13-15,20,28-29H,5-6,9,12,25-26H2,1-2H3,(H,27,30);1H/t20-;/m0./s1. The van der Waals surface area contributed by atoms with Gasteiger partial charge in [-0.25, -0.2) is 0 Å². The predicted molar refractivity (Wildman–Crippen MR) is 131 cm³/mol. The monoisotopic (exact) mass is 445 g/mol. The van der Waals surface area contributed by atoms with Crippen molar-refractivity contribution >= 4 is 36.2 Å². The van der Waals surface area contributed by atoms with E-state index in [9.17, 15) is 15.0 Å². The molecule has 0 aliphatic rings. The second kappa shape index (κ2) is 12.8. The molecule has 168 valence electrons. The van der Waals surface area contributed by atoms with Gasteiger partial charge in [0.1, 0.15) is 11.5 Å². The number of phenols is 2. The third kappa shape index (κ3) is 7.14. The van der Waals surface area contributed by atoms with E-state index in [2.05, 4.69) is 5.32 Å². The van der Waals surface area contributed by atoms with Crippen molar-refractivity contribution in [3.05, 3.63) is 53.6 Å². The molecule has 7 N–H and O–H groups in total. The number of carbonyl (C=O) groups excluding carboxylic acids is 1. The fraction of sp³-hybridized carbons (Fsp3) is 0.292. The second-order valence-corrected chi connectivity index (χ2v) is 7.12. The number of phenolic OH excluding ortho intramolecular Hbond substituents is 2. The van der Waals surface area contributed by atoms with Gasteiger partial charge in [0.05, 0.1) is 11.7 Å². The van der Waals surface area contributed by atoms with Crippen molar-refractivity contribution in [1.29, 1.82) is 0 Å². The first-order valence-electron chi connectivity index (χ1n) is 10.1. The maximum atomic E-state index is 12.5. The van der Waals surface area contributed by atoms with Crippen LogP contribution in [0.2, 0.25) is 0 Å². The third-order valence-corrected chi connectivity index (χ3v) is 4.74. The zero-order chi connectivity index (χ0) is 22.1. The Morgan fingerprint density at radius 2 is 1.81 bits per heavy atom. The van der Waals surface area contributed by atoms with E-state index in [-0.39, 0.29) is 29.8 Å². The molecule has 2 aromatic carbocycles. The van der Waals surface area contributed by atoms with Crippen LogP contribution in [0.5, 0.6) is 11.5 Å². The highest BCUT2D eigenvalue weighted by atomic mass is 35.5. The first-order chi connectivity index (χ1) is 14.4. The summed E-state index contributed by atoms with van der Waals surface area (Å²) in [7, 11) is 0. The van der Waals surface area contributed by atoms with Crippen molar-refractivity contribution in [2.24, 2.45) is 11.5 Å². The normalized spacial score (nSPS) is 12.1. The maximum Gasteiger partial charge on any atom is 0.241 e. The van der Waals surface area contributed by atoms with Crippen molar-refractivity contribution in [3.63, 3.8) is 0 Å². The van der Waals surface area contributed by atoms with Crippen LogP contribution in [-0.2, 0) is 4.79 Å². The van der Waals surface area contributed by atoms with Crippen LogP contribution in [0.25, 0.3) is 23.3 Å². The quantitative estimate of drug-likeness (QED) is 0.284. The van der Waals surface area contributed by atoms with Crippen molar-refractivity contribution in [1.82, 2.24) is 0 Å². The van der Waals surface area contributed by atoms with Gasteiger partial charge in [0.15, 0.2) is 0 Å². The average Bonchev–Trinajstić information content (AvgIpc) is 2.72. The molecule has 0 aliphatic carbocycles. The van der Waals surface area contributed by atoms with Crippen LogP contribution in [0.4, 0.5) is 5.69 Å².